The second kappa shape index (κ2) is 10.8. The molecule has 0 spiro atoms. The summed E-state index contributed by atoms with van der Waals surface area (Å²) in [7, 11) is -3.58. The van der Waals surface area contributed by atoms with Gasteiger partial charge >= 0.3 is 0 Å². The fourth-order valence-electron chi connectivity index (χ4n) is 4.77. The van der Waals surface area contributed by atoms with E-state index < -0.39 is 16.1 Å². The summed E-state index contributed by atoms with van der Waals surface area (Å²) in [6, 6.07) is 13.5. The van der Waals surface area contributed by atoms with Crippen LogP contribution < -0.4 is 10.1 Å². The van der Waals surface area contributed by atoms with Crippen molar-refractivity contribution in [2.75, 3.05) is 31.6 Å². The molecule has 2 aliphatic heterocycles. The molecule has 2 fully saturated rings. The van der Waals surface area contributed by atoms with E-state index in [1.165, 1.54) is 4.31 Å². The monoisotopic (exact) mass is 499 g/mol. The molecule has 2 aliphatic rings. The molecular formula is C26H33N3O5S. The molecular weight excluding hydrogens is 466 g/mol. The van der Waals surface area contributed by atoms with E-state index in [2.05, 4.69) is 5.32 Å². The highest BCUT2D eigenvalue weighted by Gasteiger charge is 2.39. The number of carbonyl (C=O) groups excluding carboxylic acids is 2. The van der Waals surface area contributed by atoms with Crippen molar-refractivity contribution in [2.24, 2.45) is 5.92 Å². The van der Waals surface area contributed by atoms with E-state index in [0.29, 0.717) is 51.2 Å². The van der Waals surface area contributed by atoms with Crippen LogP contribution in [0, 0.1) is 12.8 Å². The lowest BCUT2D eigenvalue weighted by Crippen LogP contribution is -2.48. The van der Waals surface area contributed by atoms with Crippen LogP contribution in [0.5, 0.6) is 5.75 Å². The van der Waals surface area contributed by atoms with Crippen LogP contribution in [0.25, 0.3) is 0 Å². The molecule has 8 nitrogen and oxygen atoms in total. The minimum absolute atomic E-state index is 0.0540. The third-order valence-electron chi connectivity index (χ3n) is 6.73. The number of carbonyl (C=O) groups is 2. The Morgan fingerprint density at radius 1 is 0.971 bits per heavy atom. The van der Waals surface area contributed by atoms with Crippen LogP contribution in [0.1, 0.15) is 38.2 Å². The first-order valence-electron chi connectivity index (χ1n) is 12.2. The van der Waals surface area contributed by atoms with Crippen LogP contribution in [-0.4, -0.2) is 61.7 Å². The lowest BCUT2D eigenvalue weighted by molar-refractivity contribution is -0.141. The molecule has 0 bridgehead atoms. The summed E-state index contributed by atoms with van der Waals surface area (Å²) in [6.45, 7) is 5.53. The Kier molecular flexibility index (Phi) is 7.76. The Morgan fingerprint density at radius 2 is 1.63 bits per heavy atom. The van der Waals surface area contributed by atoms with E-state index in [4.69, 9.17) is 4.74 Å². The van der Waals surface area contributed by atoms with Crippen molar-refractivity contribution in [1.82, 2.24) is 9.21 Å². The van der Waals surface area contributed by atoms with Crippen LogP contribution >= 0.6 is 0 Å². The predicted octanol–water partition coefficient (Wildman–Crippen LogP) is 3.42. The van der Waals surface area contributed by atoms with Crippen LogP contribution in [0.4, 0.5) is 5.69 Å². The lowest BCUT2D eigenvalue weighted by Gasteiger charge is -2.34. The van der Waals surface area contributed by atoms with Gasteiger partial charge in [-0.25, -0.2) is 8.42 Å². The van der Waals surface area contributed by atoms with Gasteiger partial charge in [0.15, 0.2) is 0 Å². The molecule has 2 aromatic rings. The zero-order valence-corrected chi connectivity index (χ0v) is 21.1. The number of hydrogen-bond acceptors (Lipinski definition) is 5. The van der Waals surface area contributed by atoms with Gasteiger partial charge in [-0.15, -0.1) is 0 Å². The van der Waals surface area contributed by atoms with Gasteiger partial charge in [0.1, 0.15) is 11.8 Å². The van der Waals surface area contributed by atoms with Crippen molar-refractivity contribution in [3.05, 3.63) is 54.1 Å². The highest BCUT2D eigenvalue weighted by molar-refractivity contribution is 7.89. The Labute approximate surface area is 207 Å². The number of rotatable bonds is 7. The quantitative estimate of drug-likeness (QED) is 0.630. The third-order valence-corrected chi connectivity index (χ3v) is 8.65. The number of aryl methyl sites for hydroxylation is 1. The molecule has 35 heavy (non-hydrogen) atoms. The number of ether oxygens (including phenoxy) is 1. The Morgan fingerprint density at radius 3 is 2.26 bits per heavy atom. The van der Waals surface area contributed by atoms with Gasteiger partial charge in [-0.1, -0.05) is 17.7 Å². The first kappa shape index (κ1) is 25.2. The van der Waals surface area contributed by atoms with Crippen LogP contribution in [0.2, 0.25) is 0 Å². The topological polar surface area (TPSA) is 96.0 Å². The zero-order valence-electron chi connectivity index (χ0n) is 20.3. The Balaban J connectivity index is 1.35. The fraction of sp³-hybridized carbons (Fsp3) is 0.462. The largest absolute Gasteiger partial charge is 0.494 e. The molecule has 0 saturated carbocycles. The van der Waals surface area contributed by atoms with Crippen molar-refractivity contribution >= 4 is 27.5 Å². The normalized spacial score (nSPS) is 19.5. The summed E-state index contributed by atoms with van der Waals surface area (Å²) < 4.78 is 32.8. The number of nitrogens with one attached hydrogen (secondary N) is 1. The van der Waals surface area contributed by atoms with Crippen molar-refractivity contribution < 1.29 is 22.7 Å². The van der Waals surface area contributed by atoms with Crippen molar-refractivity contribution in [3.63, 3.8) is 0 Å². The molecule has 2 aromatic carbocycles. The summed E-state index contributed by atoms with van der Waals surface area (Å²) in [5.74, 6) is 0.207. The van der Waals surface area contributed by atoms with Crippen molar-refractivity contribution in [1.29, 1.82) is 0 Å². The number of anilines is 1. The zero-order chi connectivity index (χ0) is 25.0. The van der Waals surface area contributed by atoms with E-state index in [1.807, 2.05) is 13.8 Å². The minimum Gasteiger partial charge on any atom is -0.494 e. The van der Waals surface area contributed by atoms with Crippen LogP contribution in [0.3, 0.4) is 0 Å². The number of sulfonamides is 1. The standard InChI is InChI=1S/C26H33N3O5S/c1-3-34-22-10-8-21(9-11-22)27-25(30)24-5-4-16-29(24)26(31)20-14-17-28(18-15-20)35(32,33)23-12-6-19(2)7-13-23/h6-13,20,24H,3-5,14-18H2,1-2H3,(H,27,30). The third kappa shape index (κ3) is 5.67. The van der Waals surface area contributed by atoms with Gasteiger partial charge in [0.05, 0.1) is 11.5 Å². The molecule has 1 atom stereocenters. The SMILES string of the molecule is CCOc1ccc(NC(=O)C2CCCN2C(=O)C2CCN(S(=O)(=O)c3ccc(C)cc3)CC2)cc1. The van der Waals surface area contributed by atoms with Crippen LogP contribution in [0.15, 0.2) is 53.4 Å². The number of hydrogen-bond donors (Lipinski definition) is 1. The average Bonchev–Trinajstić information content (AvgIpc) is 3.35. The molecule has 9 heteroatoms. The summed E-state index contributed by atoms with van der Waals surface area (Å²) >= 11 is 0. The molecule has 0 aromatic heterocycles. The summed E-state index contributed by atoms with van der Waals surface area (Å²) in [4.78, 5) is 28.2. The molecule has 2 amide bonds. The lowest BCUT2D eigenvalue weighted by atomic mass is 9.96. The molecule has 188 valence electrons. The smallest absolute Gasteiger partial charge is 0.247 e. The number of piperidine rings is 1. The van der Waals surface area contributed by atoms with Gasteiger partial charge in [-0.3, -0.25) is 9.59 Å². The molecule has 2 saturated heterocycles. The molecule has 2 heterocycles. The molecule has 1 unspecified atom stereocenters. The van der Waals surface area contributed by atoms with Gasteiger partial charge in [0, 0.05) is 31.2 Å². The number of benzene rings is 2. The molecule has 0 radical (unpaired) electrons. The molecule has 0 aliphatic carbocycles. The van der Waals surface area contributed by atoms with Crippen molar-refractivity contribution in [3.8, 4) is 5.75 Å². The number of nitrogens with zero attached hydrogens (tertiary/aromatic N) is 2. The fourth-order valence-corrected chi connectivity index (χ4v) is 6.24. The van der Waals surface area contributed by atoms with Crippen LogP contribution in [-0.2, 0) is 19.6 Å². The first-order valence-corrected chi connectivity index (χ1v) is 13.6. The molecule has 1 N–H and O–H groups in total. The average molecular weight is 500 g/mol. The minimum atomic E-state index is -3.58. The van der Waals surface area contributed by atoms with E-state index in [-0.39, 0.29) is 22.6 Å². The highest BCUT2D eigenvalue weighted by atomic mass is 32.2. The van der Waals surface area contributed by atoms with Gasteiger partial charge < -0.3 is 15.0 Å². The van der Waals surface area contributed by atoms with E-state index in [1.54, 1.807) is 53.4 Å². The highest BCUT2D eigenvalue weighted by Crippen LogP contribution is 2.29. The number of amides is 2. The number of likely N-dealkylation sites (tertiary alicyclic amines) is 1. The maximum absolute atomic E-state index is 13.3. The van der Waals surface area contributed by atoms with Gasteiger partial charge in [0.25, 0.3) is 0 Å². The Bertz CT molecular complexity index is 1140. The second-order valence-corrected chi connectivity index (χ2v) is 11.1. The van der Waals surface area contributed by atoms with Gasteiger partial charge in [-0.05, 0) is 75.9 Å². The summed E-state index contributed by atoms with van der Waals surface area (Å²) in [5, 5.41) is 2.91. The first-order chi connectivity index (χ1) is 16.8. The van der Waals surface area contributed by atoms with Crippen molar-refractivity contribution in [2.45, 2.75) is 50.5 Å². The molecule has 4 rings (SSSR count). The maximum Gasteiger partial charge on any atom is 0.247 e. The van der Waals surface area contributed by atoms with E-state index >= 15 is 0 Å². The second-order valence-electron chi connectivity index (χ2n) is 9.13. The summed E-state index contributed by atoms with van der Waals surface area (Å²) in [6.07, 6.45) is 2.30. The van der Waals surface area contributed by atoms with E-state index in [0.717, 1.165) is 17.7 Å². The van der Waals surface area contributed by atoms with Gasteiger partial charge in [-0.2, -0.15) is 4.31 Å². The summed E-state index contributed by atoms with van der Waals surface area (Å²) in [5.41, 5.74) is 1.66. The Hall–Kier alpha value is -2.91. The maximum atomic E-state index is 13.3. The predicted molar refractivity (Wildman–Crippen MR) is 134 cm³/mol. The van der Waals surface area contributed by atoms with E-state index in [9.17, 15) is 18.0 Å². The van der Waals surface area contributed by atoms with Gasteiger partial charge in [0.2, 0.25) is 21.8 Å².